The van der Waals surface area contributed by atoms with E-state index in [0.29, 0.717) is 22.7 Å². The number of nitrogens with one attached hydrogen (secondary N) is 3. The molecule has 1 unspecified atom stereocenters. The van der Waals surface area contributed by atoms with Gasteiger partial charge in [-0.3, -0.25) is 14.4 Å². The minimum absolute atomic E-state index is 0.108. The SMILES string of the molecule is Cc1ccccc1/C=C(\NC(=O)c1ccccc1)C(=O)Nc1ccc(SC(C(=O)Nc2ccc(Oc3ccccc3)cc2)c2ccccc2)cc1. The minimum atomic E-state index is -0.552. The summed E-state index contributed by atoms with van der Waals surface area (Å²) in [6.07, 6.45) is 1.67. The zero-order valence-corrected chi connectivity index (χ0v) is 28.6. The first-order valence-corrected chi connectivity index (χ1v) is 17.2. The summed E-state index contributed by atoms with van der Waals surface area (Å²) in [4.78, 5) is 41.1. The number of ether oxygens (including phenoxy) is 1. The van der Waals surface area contributed by atoms with Crippen molar-refractivity contribution in [3.05, 3.63) is 192 Å². The molecule has 6 rings (SSSR count). The highest BCUT2D eigenvalue weighted by Gasteiger charge is 2.23. The average molecular weight is 690 g/mol. The third kappa shape index (κ3) is 9.62. The van der Waals surface area contributed by atoms with Crippen LogP contribution in [0.15, 0.2) is 174 Å². The highest BCUT2D eigenvalue weighted by molar-refractivity contribution is 8.00. The Hall–Kier alpha value is -6.38. The molecule has 0 saturated heterocycles. The summed E-state index contributed by atoms with van der Waals surface area (Å²) in [6, 6.07) is 50.0. The van der Waals surface area contributed by atoms with E-state index in [1.165, 1.54) is 11.8 Å². The molecule has 0 aliphatic rings. The molecule has 0 saturated carbocycles. The van der Waals surface area contributed by atoms with Crippen molar-refractivity contribution in [2.24, 2.45) is 0 Å². The first kappa shape index (κ1) is 34.5. The fourth-order valence-corrected chi connectivity index (χ4v) is 6.16. The van der Waals surface area contributed by atoms with Crippen molar-refractivity contribution < 1.29 is 19.1 Å². The van der Waals surface area contributed by atoms with E-state index in [9.17, 15) is 14.4 Å². The van der Waals surface area contributed by atoms with Gasteiger partial charge < -0.3 is 20.7 Å². The lowest BCUT2D eigenvalue weighted by molar-refractivity contribution is -0.116. The Kier molecular flexibility index (Phi) is 11.4. The van der Waals surface area contributed by atoms with Gasteiger partial charge in [0, 0.05) is 21.8 Å². The van der Waals surface area contributed by atoms with E-state index in [2.05, 4.69) is 16.0 Å². The number of amides is 3. The Labute approximate surface area is 301 Å². The van der Waals surface area contributed by atoms with E-state index in [4.69, 9.17) is 4.74 Å². The van der Waals surface area contributed by atoms with Crippen LogP contribution in [0, 0.1) is 6.92 Å². The van der Waals surface area contributed by atoms with E-state index in [1.807, 2.05) is 134 Å². The molecule has 0 heterocycles. The molecule has 0 aliphatic heterocycles. The molecule has 0 bridgehead atoms. The van der Waals surface area contributed by atoms with Crippen molar-refractivity contribution in [2.75, 3.05) is 10.6 Å². The van der Waals surface area contributed by atoms with Gasteiger partial charge in [0.05, 0.1) is 0 Å². The summed E-state index contributed by atoms with van der Waals surface area (Å²) in [6.45, 7) is 1.94. The van der Waals surface area contributed by atoms with Crippen molar-refractivity contribution in [1.82, 2.24) is 5.32 Å². The molecule has 8 heteroatoms. The van der Waals surface area contributed by atoms with Gasteiger partial charge >= 0.3 is 0 Å². The zero-order chi connectivity index (χ0) is 35.4. The maximum Gasteiger partial charge on any atom is 0.272 e. The van der Waals surface area contributed by atoms with Crippen LogP contribution in [-0.4, -0.2) is 17.7 Å². The molecule has 0 radical (unpaired) electrons. The highest BCUT2D eigenvalue weighted by Crippen LogP contribution is 2.37. The molecule has 0 aliphatic carbocycles. The van der Waals surface area contributed by atoms with Gasteiger partial charge in [-0.25, -0.2) is 0 Å². The number of benzene rings is 6. The Morgan fingerprint density at radius 2 is 1.16 bits per heavy atom. The number of carbonyl (C=O) groups is 3. The van der Waals surface area contributed by atoms with E-state index >= 15 is 0 Å². The molecular formula is C43H35N3O4S. The van der Waals surface area contributed by atoms with Gasteiger partial charge in [0.25, 0.3) is 11.8 Å². The molecule has 3 amide bonds. The average Bonchev–Trinajstić information content (AvgIpc) is 3.17. The smallest absolute Gasteiger partial charge is 0.272 e. The van der Waals surface area contributed by atoms with Gasteiger partial charge in [-0.05, 0) is 102 Å². The third-order valence-electron chi connectivity index (χ3n) is 7.82. The van der Waals surface area contributed by atoms with E-state index in [0.717, 1.165) is 27.3 Å². The first-order chi connectivity index (χ1) is 24.9. The Morgan fingerprint density at radius 3 is 1.82 bits per heavy atom. The van der Waals surface area contributed by atoms with E-state index < -0.39 is 11.2 Å². The zero-order valence-electron chi connectivity index (χ0n) is 27.8. The molecule has 51 heavy (non-hydrogen) atoms. The Bertz CT molecular complexity index is 2120. The Morgan fingerprint density at radius 1 is 0.608 bits per heavy atom. The minimum Gasteiger partial charge on any atom is -0.457 e. The van der Waals surface area contributed by atoms with Crippen molar-refractivity contribution in [3.63, 3.8) is 0 Å². The lowest BCUT2D eigenvalue weighted by Gasteiger charge is -2.18. The normalized spacial score (nSPS) is 11.6. The van der Waals surface area contributed by atoms with Crippen molar-refractivity contribution in [2.45, 2.75) is 17.1 Å². The molecule has 6 aromatic carbocycles. The van der Waals surface area contributed by atoms with Crippen LogP contribution in [0.4, 0.5) is 11.4 Å². The number of aryl methyl sites for hydroxylation is 1. The van der Waals surface area contributed by atoms with Gasteiger partial charge in [0.1, 0.15) is 22.4 Å². The summed E-state index contributed by atoms with van der Waals surface area (Å²) in [5.74, 6) is 0.357. The lowest BCUT2D eigenvalue weighted by Crippen LogP contribution is -2.30. The Balaban J connectivity index is 1.15. The lowest BCUT2D eigenvalue weighted by atomic mass is 10.1. The molecule has 252 valence electrons. The molecule has 7 nitrogen and oxygen atoms in total. The number of rotatable bonds is 12. The predicted octanol–water partition coefficient (Wildman–Crippen LogP) is 9.67. The quantitative estimate of drug-likeness (QED) is 0.0879. The summed E-state index contributed by atoms with van der Waals surface area (Å²) in [5.41, 5.74) is 4.35. The van der Waals surface area contributed by atoms with Crippen molar-refractivity contribution in [1.29, 1.82) is 0 Å². The van der Waals surface area contributed by atoms with Crippen LogP contribution in [0.5, 0.6) is 11.5 Å². The molecule has 3 N–H and O–H groups in total. The second-order valence-electron chi connectivity index (χ2n) is 11.6. The van der Waals surface area contributed by atoms with Gasteiger partial charge in [-0.2, -0.15) is 0 Å². The standard InChI is InChI=1S/C43H35N3O4S/c1-30-13-11-12-18-33(30)29-39(46-41(47)32-16-7-3-8-17-32)42(48)44-35-23-27-38(28-24-35)51-40(31-14-5-2-6-15-31)43(49)45-34-21-25-37(26-22-34)50-36-19-9-4-10-20-36/h2-29,40H,1H3,(H,44,48)(H,45,49)(H,46,47)/b39-29-. The number of thioether (sulfide) groups is 1. The van der Waals surface area contributed by atoms with Gasteiger partial charge in [0.2, 0.25) is 5.91 Å². The van der Waals surface area contributed by atoms with Crippen LogP contribution in [0.3, 0.4) is 0 Å². The van der Waals surface area contributed by atoms with Crippen molar-refractivity contribution in [3.8, 4) is 11.5 Å². The topological polar surface area (TPSA) is 96.5 Å². The van der Waals surface area contributed by atoms with Crippen LogP contribution in [0.25, 0.3) is 6.08 Å². The fourth-order valence-electron chi connectivity index (χ4n) is 5.14. The number of hydrogen-bond donors (Lipinski definition) is 3. The van der Waals surface area contributed by atoms with Gasteiger partial charge in [-0.1, -0.05) is 91.0 Å². The van der Waals surface area contributed by atoms with E-state index in [1.54, 1.807) is 42.5 Å². The molecule has 6 aromatic rings. The number of hydrogen-bond acceptors (Lipinski definition) is 5. The number of carbonyl (C=O) groups excluding carboxylic acids is 3. The van der Waals surface area contributed by atoms with Crippen LogP contribution >= 0.6 is 11.8 Å². The first-order valence-electron chi connectivity index (χ1n) is 16.3. The summed E-state index contributed by atoms with van der Waals surface area (Å²) < 4.78 is 5.88. The molecule has 0 aromatic heterocycles. The van der Waals surface area contributed by atoms with Crippen LogP contribution < -0.4 is 20.7 Å². The summed E-state index contributed by atoms with van der Waals surface area (Å²) in [7, 11) is 0. The van der Waals surface area contributed by atoms with E-state index in [-0.39, 0.29) is 17.5 Å². The van der Waals surface area contributed by atoms with Crippen LogP contribution in [0.1, 0.15) is 32.3 Å². The largest absolute Gasteiger partial charge is 0.457 e. The molecule has 0 spiro atoms. The summed E-state index contributed by atoms with van der Waals surface area (Å²) in [5, 5.41) is 8.18. The second-order valence-corrected chi connectivity index (χ2v) is 12.7. The number of para-hydroxylation sites is 1. The monoisotopic (exact) mass is 689 g/mol. The predicted molar refractivity (Wildman–Crippen MR) is 205 cm³/mol. The number of anilines is 2. The maximum atomic E-state index is 13.7. The van der Waals surface area contributed by atoms with Crippen molar-refractivity contribution >= 4 is 46.9 Å². The summed E-state index contributed by atoms with van der Waals surface area (Å²) >= 11 is 1.40. The molecule has 0 fully saturated rings. The highest BCUT2D eigenvalue weighted by atomic mass is 32.2. The second kappa shape index (κ2) is 16.8. The molecular weight excluding hydrogens is 655 g/mol. The maximum absolute atomic E-state index is 13.7. The molecule has 1 atom stereocenters. The van der Waals surface area contributed by atoms with Crippen LogP contribution in [0.2, 0.25) is 0 Å². The van der Waals surface area contributed by atoms with Gasteiger partial charge in [0.15, 0.2) is 0 Å². The van der Waals surface area contributed by atoms with Crippen LogP contribution in [-0.2, 0) is 9.59 Å². The van der Waals surface area contributed by atoms with Gasteiger partial charge in [-0.15, -0.1) is 11.8 Å². The fraction of sp³-hybridized carbons (Fsp3) is 0.0465. The third-order valence-corrected chi connectivity index (χ3v) is 9.09.